The van der Waals surface area contributed by atoms with Gasteiger partial charge in [-0.05, 0) is 0 Å². The summed E-state index contributed by atoms with van der Waals surface area (Å²) in [7, 11) is 3.45. The van der Waals surface area contributed by atoms with Gasteiger partial charge < -0.3 is 0 Å². The second-order valence-electron chi connectivity index (χ2n) is 2.01. The summed E-state index contributed by atoms with van der Waals surface area (Å²) in [6.07, 6.45) is 0.756. The zero-order chi connectivity index (χ0) is 7.98. The predicted molar refractivity (Wildman–Crippen MR) is 32.0 cm³/mol. The van der Waals surface area contributed by atoms with Gasteiger partial charge in [-0.25, -0.2) is 0 Å². The third kappa shape index (κ3) is 4.62. The summed E-state index contributed by atoms with van der Waals surface area (Å²) >= 11 is -0.691. The van der Waals surface area contributed by atoms with Crippen LogP contribution in [0.25, 0.3) is 0 Å². The van der Waals surface area contributed by atoms with Gasteiger partial charge in [0, 0.05) is 0 Å². The summed E-state index contributed by atoms with van der Waals surface area (Å²) in [6, 6.07) is 0. The Hall–Kier alpha value is -0.238. The summed E-state index contributed by atoms with van der Waals surface area (Å²) in [6.45, 7) is 1.29. The summed E-state index contributed by atoms with van der Waals surface area (Å²) in [5, 5.41) is 0. The molecule has 0 aliphatic rings. The van der Waals surface area contributed by atoms with Crippen LogP contribution >= 0.6 is 0 Å². The van der Waals surface area contributed by atoms with Crippen LogP contribution in [-0.4, -0.2) is 42.4 Å². The average Bonchev–Trinajstić information content (AvgIpc) is 1.99. The van der Waals surface area contributed by atoms with Crippen LogP contribution in [0.4, 0.5) is 0 Å². The first-order valence-corrected chi connectivity index (χ1v) is 3.96. The maximum atomic E-state index is 10.2. The Morgan fingerprint density at radius 1 is 1.40 bits per heavy atom. The predicted octanol–water partition coefficient (Wildman–Crippen LogP) is -0.651. The third-order valence-corrected chi connectivity index (χ3v) is 1.76. The molecule has 0 heterocycles. The van der Waals surface area contributed by atoms with Crippen LogP contribution in [0.5, 0.6) is 0 Å². The van der Waals surface area contributed by atoms with Crippen molar-refractivity contribution in [3.63, 3.8) is 0 Å². The number of carbonyl (C=O) groups is 1. The van der Waals surface area contributed by atoms with Crippen molar-refractivity contribution >= 4 is 6.41 Å². The Bertz CT molecular complexity index is 106. The van der Waals surface area contributed by atoms with Gasteiger partial charge in [0.15, 0.2) is 0 Å². The standard InChI is InChI=1S/C5H11N2O.Cr.O/c1-6-3-4-7(2)5-8;;/h5H,3-4H2,1-2H3;;/q-1;+1;. The molecule has 5 heteroatoms. The number of likely N-dealkylation sites (N-methyl/N-ethyl adjacent to an activating group) is 2. The monoisotopic (exact) mass is 183 g/mol. The second kappa shape index (κ2) is 5.54. The van der Waals surface area contributed by atoms with Crippen LogP contribution in [0.15, 0.2) is 0 Å². The van der Waals surface area contributed by atoms with Gasteiger partial charge in [0.2, 0.25) is 0 Å². The molecule has 0 radical (unpaired) electrons. The average molecular weight is 183 g/mol. The summed E-state index contributed by atoms with van der Waals surface area (Å²) < 4.78 is 11.9. The van der Waals surface area contributed by atoms with E-state index in [0.717, 1.165) is 6.41 Å². The number of rotatable bonds is 5. The summed E-state index contributed by atoms with van der Waals surface area (Å²) in [4.78, 5) is 11.6. The van der Waals surface area contributed by atoms with Crippen LogP contribution < -0.4 is 0 Å². The maximum absolute atomic E-state index is 10.2. The van der Waals surface area contributed by atoms with Crippen LogP contribution in [0.3, 0.4) is 0 Å². The minimum atomic E-state index is -0.691. The van der Waals surface area contributed by atoms with E-state index in [1.807, 2.05) is 0 Å². The summed E-state index contributed by atoms with van der Waals surface area (Å²) in [5.74, 6) is 0. The van der Waals surface area contributed by atoms with Crippen molar-refractivity contribution in [2.75, 3.05) is 27.2 Å². The first kappa shape index (κ1) is 9.76. The van der Waals surface area contributed by atoms with E-state index >= 15 is 0 Å². The van der Waals surface area contributed by atoms with E-state index in [1.165, 1.54) is 4.90 Å². The van der Waals surface area contributed by atoms with E-state index < -0.39 is 15.4 Å². The molecule has 59 valence electrons. The van der Waals surface area contributed by atoms with E-state index in [0.29, 0.717) is 13.1 Å². The van der Waals surface area contributed by atoms with Crippen molar-refractivity contribution in [2.45, 2.75) is 0 Å². The Kier molecular flexibility index (Phi) is 5.41. The normalized spacial score (nSPS) is 9.50. The zero-order valence-corrected chi connectivity index (χ0v) is 7.39. The topological polar surface area (TPSA) is 40.6 Å². The molecule has 0 aliphatic carbocycles. The molecular formula is C5H11CrN2O2. The van der Waals surface area contributed by atoms with Gasteiger partial charge in [-0.15, -0.1) is 0 Å². The quantitative estimate of drug-likeness (QED) is 0.532. The first-order chi connectivity index (χ1) is 4.70. The Balaban J connectivity index is 3.34. The SMILES string of the molecule is CN(C=O)CC[N](C)[Cr]=[O]. The molecule has 0 bridgehead atoms. The Morgan fingerprint density at radius 2 is 2.00 bits per heavy atom. The van der Waals surface area contributed by atoms with Gasteiger partial charge in [-0.2, -0.15) is 0 Å². The number of hydrogen-bond donors (Lipinski definition) is 0. The third-order valence-electron chi connectivity index (χ3n) is 1.07. The molecule has 0 saturated heterocycles. The van der Waals surface area contributed by atoms with Crippen molar-refractivity contribution < 1.29 is 24.0 Å². The molecule has 0 aliphatic heterocycles. The van der Waals surface area contributed by atoms with Crippen LogP contribution in [0, 0.1) is 0 Å². The fraction of sp³-hybridized carbons (Fsp3) is 0.800. The molecule has 0 aromatic heterocycles. The van der Waals surface area contributed by atoms with E-state index in [9.17, 15) is 8.60 Å². The van der Waals surface area contributed by atoms with Gasteiger partial charge in [-0.3, -0.25) is 0 Å². The molecule has 0 saturated carbocycles. The number of hydrogen-bond acceptors (Lipinski definition) is 2. The van der Waals surface area contributed by atoms with Crippen molar-refractivity contribution in [1.29, 1.82) is 0 Å². The molecule has 0 aromatic carbocycles. The van der Waals surface area contributed by atoms with E-state index in [-0.39, 0.29) is 0 Å². The number of amides is 1. The zero-order valence-electron chi connectivity index (χ0n) is 6.11. The van der Waals surface area contributed by atoms with Crippen molar-refractivity contribution in [3.8, 4) is 0 Å². The van der Waals surface area contributed by atoms with Crippen molar-refractivity contribution in [1.82, 2.24) is 8.78 Å². The molecule has 0 N–H and O–H groups in total. The van der Waals surface area contributed by atoms with E-state index in [1.54, 1.807) is 18.0 Å². The molecule has 10 heavy (non-hydrogen) atoms. The van der Waals surface area contributed by atoms with Gasteiger partial charge in [0.1, 0.15) is 0 Å². The molecule has 0 atom stereocenters. The second-order valence-corrected chi connectivity index (χ2v) is 3.22. The summed E-state index contributed by atoms with van der Waals surface area (Å²) in [5.41, 5.74) is 0. The fourth-order valence-electron chi connectivity index (χ4n) is 0.389. The minimum absolute atomic E-state index is 0.629. The molecule has 0 aromatic rings. The van der Waals surface area contributed by atoms with Crippen LogP contribution in [0.1, 0.15) is 0 Å². The van der Waals surface area contributed by atoms with Crippen molar-refractivity contribution in [3.05, 3.63) is 0 Å². The molecule has 1 amide bonds. The van der Waals surface area contributed by atoms with E-state index in [4.69, 9.17) is 0 Å². The number of nitrogens with zero attached hydrogens (tertiary/aromatic N) is 2. The Morgan fingerprint density at radius 3 is 2.40 bits per heavy atom. The van der Waals surface area contributed by atoms with Gasteiger partial charge >= 0.3 is 66.4 Å². The molecule has 0 spiro atoms. The van der Waals surface area contributed by atoms with Crippen LogP contribution in [-0.2, 0) is 24.0 Å². The van der Waals surface area contributed by atoms with E-state index in [2.05, 4.69) is 0 Å². The first-order valence-electron chi connectivity index (χ1n) is 2.87. The number of carbonyl (C=O) groups excluding carboxylic acids is 1. The molecule has 0 fully saturated rings. The Labute approximate surface area is 66.9 Å². The van der Waals surface area contributed by atoms with Crippen molar-refractivity contribution in [2.24, 2.45) is 0 Å². The van der Waals surface area contributed by atoms with Gasteiger partial charge in [-0.1, -0.05) is 0 Å². The van der Waals surface area contributed by atoms with Gasteiger partial charge in [0.05, 0.1) is 0 Å². The molecule has 0 rings (SSSR count). The molecule has 4 nitrogen and oxygen atoms in total. The van der Waals surface area contributed by atoms with Crippen LogP contribution in [0.2, 0.25) is 0 Å². The molecular weight excluding hydrogens is 172 g/mol. The van der Waals surface area contributed by atoms with Gasteiger partial charge in [0.25, 0.3) is 0 Å². The molecule has 0 unspecified atom stereocenters. The fourth-order valence-corrected chi connectivity index (χ4v) is 0.632.